The van der Waals surface area contributed by atoms with Gasteiger partial charge in [0.2, 0.25) is 0 Å². The second kappa shape index (κ2) is 5.58. The summed E-state index contributed by atoms with van der Waals surface area (Å²) in [6, 6.07) is 0. The van der Waals surface area contributed by atoms with Crippen molar-refractivity contribution in [2.75, 3.05) is 45.9 Å². The minimum atomic E-state index is 0.161. The fourth-order valence-electron chi connectivity index (χ4n) is 2.21. The lowest BCUT2D eigenvalue weighted by Gasteiger charge is -2.29. The number of ether oxygens (including phenoxy) is 1. The van der Waals surface area contributed by atoms with Gasteiger partial charge in [-0.2, -0.15) is 0 Å². The maximum Gasteiger partial charge on any atom is 0.152 e. The molecule has 2 saturated heterocycles. The summed E-state index contributed by atoms with van der Waals surface area (Å²) in [6.45, 7) is 6.11. The zero-order valence-corrected chi connectivity index (χ0v) is 9.21. The van der Waals surface area contributed by atoms with Crippen molar-refractivity contribution in [1.29, 1.82) is 0 Å². The van der Waals surface area contributed by atoms with E-state index in [2.05, 4.69) is 10.2 Å². The van der Waals surface area contributed by atoms with Crippen LogP contribution < -0.4 is 5.32 Å². The van der Waals surface area contributed by atoms with Crippen LogP contribution in [-0.4, -0.2) is 56.6 Å². The summed E-state index contributed by atoms with van der Waals surface area (Å²) in [4.78, 5) is 14.2. The Morgan fingerprint density at radius 2 is 2.20 bits per heavy atom. The standard InChI is InChI=1S/C11H20N2O2/c14-11(10-2-1-7-15-9-10)8-13-5-3-12-4-6-13/h10,12H,1-9H2. The molecule has 4 nitrogen and oxygen atoms in total. The molecule has 0 aromatic rings. The van der Waals surface area contributed by atoms with Gasteiger partial charge in [-0.15, -0.1) is 0 Å². The molecular formula is C11H20N2O2. The summed E-state index contributed by atoms with van der Waals surface area (Å²) < 4.78 is 5.34. The van der Waals surface area contributed by atoms with E-state index in [9.17, 15) is 4.79 Å². The van der Waals surface area contributed by atoms with E-state index in [0.717, 1.165) is 45.6 Å². The van der Waals surface area contributed by atoms with Crippen LogP contribution in [0.25, 0.3) is 0 Å². The van der Waals surface area contributed by atoms with Crippen molar-refractivity contribution >= 4 is 5.78 Å². The lowest BCUT2D eigenvalue weighted by molar-refractivity contribution is -0.128. The van der Waals surface area contributed by atoms with E-state index < -0.39 is 0 Å². The number of carbonyl (C=O) groups is 1. The van der Waals surface area contributed by atoms with E-state index in [0.29, 0.717) is 18.9 Å². The largest absolute Gasteiger partial charge is 0.381 e. The average molecular weight is 212 g/mol. The van der Waals surface area contributed by atoms with Gasteiger partial charge in [-0.3, -0.25) is 9.69 Å². The minimum Gasteiger partial charge on any atom is -0.381 e. The van der Waals surface area contributed by atoms with Crippen molar-refractivity contribution < 1.29 is 9.53 Å². The summed E-state index contributed by atoms with van der Waals surface area (Å²) in [5.74, 6) is 0.533. The summed E-state index contributed by atoms with van der Waals surface area (Å²) in [6.07, 6.45) is 2.06. The Kier molecular flexibility index (Phi) is 4.11. The van der Waals surface area contributed by atoms with E-state index in [-0.39, 0.29) is 5.92 Å². The Bertz CT molecular complexity index is 209. The number of hydrogen-bond acceptors (Lipinski definition) is 4. The molecule has 1 N–H and O–H groups in total. The van der Waals surface area contributed by atoms with Crippen LogP contribution in [0.4, 0.5) is 0 Å². The van der Waals surface area contributed by atoms with Gasteiger partial charge in [-0.25, -0.2) is 0 Å². The first-order valence-electron chi connectivity index (χ1n) is 5.90. The smallest absolute Gasteiger partial charge is 0.152 e. The number of Topliss-reactive ketones (excluding diaryl/α,β-unsaturated/α-hetero) is 1. The summed E-state index contributed by atoms with van der Waals surface area (Å²) in [5, 5.41) is 3.29. The average Bonchev–Trinajstić information content (AvgIpc) is 2.31. The van der Waals surface area contributed by atoms with Crippen LogP contribution in [0.3, 0.4) is 0 Å². The molecule has 0 saturated carbocycles. The van der Waals surface area contributed by atoms with E-state index >= 15 is 0 Å². The van der Waals surface area contributed by atoms with Crippen molar-refractivity contribution in [3.05, 3.63) is 0 Å². The highest BCUT2D eigenvalue weighted by Gasteiger charge is 2.23. The first-order chi connectivity index (χ1) is 7.36. The van der Waals surface area contributed by atoms with E-state index in [1.807, 2.05) is 0 Å². The summed E-state index contributed by atoms with van der Waals surface area (Å²) >= 11 is 0. The number of ketones is 1. The Morgan fingerprint density at radius 1 is 1.40 bits per heavy atom. The number of nitrogens with one attached hydrogen (secondary N) is 1. The quantitative estimate of drug-likeness (QED) is 0.708. The molecule has 0 aromatic carbocycles. The van der Waals surface area contributed by atoms with Crippen molar-refractivity contribution in [3.8, 4) is 0 Å². The first kappa shape index (κ1) is 11.0. The highest BCUT2D eigenvalue weighted by Crippen LogP contribution is 2.15. The number of carbonyl (C=O) groups excluding carboxylic acids is 1. The third-order valence-electron chi connectivity index (χ3n) is 3.20. The number of hydrogen-bond donors (Lipinski definition) is 1. The molecule has 1 atom stereocenters. The second-order valence-corrected chi connectivity index (χ2v) is 4.41. The molecule has 2 aliphatic rings. The number of piperazine rings is 1. The second-order valence-electron chi connectivity index (χ2n) is 4.41. The maximum atomic E-state index is 11.9. The topological polar surface area (TPSA) is 41.6 Å². The minimum absolute atomic E-state index is 0.161. The number of rotatable bonds is 3. The third kappa shape index (κ3) is 3.26. The molecule has 0 radical (unpaired) electrons. The Morgan fingerprint density at radius 3 is 2.87 bits per heavy atom. The van der Waals surface area contributed by atoms with Crippen LogP contribution in [0.1, 0.15) is 12.8 Å². The molecular weight excluding hydrogens is 192 g/mol. The predicted molar refractivity (Wildman–Crippen MR) is 57.9 cm³/mol. The number of nitrogens with zero attached hydrogens (tertiary/aromatic N) is 1. The predicted octanol–water partition coefficient (Wildman–Crippen LogP) is -0.113. The molecule has 2 aliphatic heterocycles. The van der Waals surface area contributed by atoms with Crippen LogP contribution in [-0.2, 0) is 9.53 Å². The van der Waals surface area contributed by atoms with Crippen LogP contribution in [0, 0.1) is 5.92 Å². The Hall–Kier alpha value is -0.450. The Balaban J connectivity index is 1.74. The molecule has 0 spiro atoms. The van der Waals surface area contributed by atoms with E-state index in [1.54, 1.807) is 0 Å². The first-order valence-corrected chi connectivity index (χ1v) is 5.90. The highest BCUT2D eigenvalue weighted by atomic mass is 16.5. The van der Waals surface area contributed by atoms with Crippen LogP contribution in [0.5, 0.6) is 0 Å². The van der Waals surface area contributed by atoms with Crippen LogP contribution in [0.2, 0.25) is 0 Å². The monoisotopic (exact) mass is 212 g/mol. The summed E-state index contributed by atoms with van der Waals surface area (Å²) in [7, 11) is 0. The molecule has 86 valence electrons. The molecule has 2 heterocycles. The molecule has 0 amide bonds. The van der Waals surface area contributed by atoms with Gasteiger partial charge in [0.05, 0.1) is 13.2 Å². The molecule has 0 aromatic heterocycles. The van der Waals surface area contributed by atoms with Crippen molar-refractivity contribution in [3.63, 3.8) is 0 Å². The molecule has 2 rings (SSSR count). The fourth-order valence-corrected chi connectivity index (χ4v) is 2.21. The van der Waals surface area contributed by atoms with Gasteiger partial charge in [0, 0.05) is 38.7 Å². The van der Waals surface area contributed by atoms with E-state index in [1.165, 1.54) is 0 Å². The van der Waals surface area contributed by atoms with Gasteiger partial charge in [0.1, 0.15) is 0 Å². The van der Waals surface area contributed by atoms with Gasteiger partial charge in [-0.1, -0.05) is 0 Å². The van der Waals surface area contributed by atoms with Gasteiger partial charge >= 0.3 is 0 Å². The zero-order chi connectivity index (χ0) is 10.5. The molecule has 2 fully saturated rings. The highest BCUT2D eigenvalue weighted by molar-refractivity contribution is 5.83. The van der Waals surface area contributed by atoms with Gasteiger partial charge in [-0.05, 0) is 12.8 Å². The lowest BCUT2D eigenvalue weighted by Crippen LogP contribution is -2.46. The van der Waals surface area contributed by atoms with Crippen molar-refractivity contribution in [2.24, 2.45) is 5.92 Å². The van der Waals surface area contributed by atoms with Crippen molar-refractivity contribution in [1.82, 2.24) is 10.2 Å². The summed E-state index contributed by atoms with van der Waals surface area (Å²) in [5.41, 5.74) is 0. The fraction of sp³-hybridized carbons (Fsp3) is 0.909. The molecule has 4 heteroatoms. The normalized spacial score (nSPS) is 28.9. The Labute approximate surface area is 91.0 Å². The molecule has 0 bridgehead atoms. The maximum absolute atomic E-state index is 11.9. The van der Waals surface area contributed by atoms with Gasteiger partial charge in [0.15, 0.2) is 5.78 Å². The SMILES string of the molecule is O=C(CN1CCNCC1)C1CCCOC1. The van der Waals surface area contributed by atoms with E-state index in [4.69, 9.17) is 4.74 Å². The van der Waals surface area contributed by atoms with Gasteiger partial charge < -0.3 is 10.1 Å². The molecule has 15 heavy (non-hydrogen) atoms. The third-order valence-corrected chi connectivity index (χ3v) is 3.20. The van der Waals surface area contributed by atoms with Gasteiger partial charge in [0.25, 0.3) is 0 Å². The van der Waals surface area contributed by atoms with Crippen LogP contribution in [0.15, 0.2) is 0 Å². The van der Waals surface area contributed by atoms with Crippen LogP contribution >= 0.6 is 0 Å². The zero-order valence-electron chi connectivity index (χ0n) is 9.21. The van der Waals surface area contributed by atoms with Crippen molar-refractivity contribution in [2.45, 2.75) is 12.8 Å². The molecule has 0 aliphatic carbocycles. The molecule has 1 unspecified atom stereocenters. The lowest BCUT2D eigenvalue weighted by atomic mass is 9.97.